The van der Waals surface area contributed by atoms with E-state index < -0.39 is 114 Å². The molecule has 22 heteroatoms. The Labute approximate surface area is 528 Å². The lowest BCUT2D eigenvalue weighted by Gasteiger charge is -2.36. The predicted octanol–water partition coefficient (Wildman–Crippen LogP) is 7.07. The van der Waals surface area contributed by atoms with Crippen LogP contribution >= 0.6 is 0 Å². The number of fused-ring (bicyclic) bond motifs is 4. The van der Waals surface area contributed by atoms with Crippen molar-refractivity contribution in [3.8, 4) is 17.2 Å². The molecule has 1 aromatic heterocycles. The van der Waals surface area contributed by atoms with Crippen molar-refractivity contribution < 1.29 is 71.6 Å². The number of allylic oxidation sites excluding steroid dienone is 1. The SMILES string of the molecule is CCCC[C@H]1C(=O)N[C@@H](Cc2ccc3ccccc3c2)C(=O)N(C)[C@@H](COC(C)(C)C)C(=O)NCC(=O)N(C)CCCC/C=C/C(=O)OCC(C)(C)C(=O)C(=O)N2CCCC[C@H]2C(=O)O[C@H](CCc2ccc(OC)c(OC)c2)c2cncc(c2)OCC(=O)N1C. The Morgan fingerprint density at radius 3 is 2.19 bits per heavy atom. The molecule has 2 N–H and O–H groups in total. The monoisotopic (exact) mass is 1250 g/mol. The van der Waals surface area contributed by atoms with E-state index in [-0.39, 0.29) is 44.6 Å². The number of likely N-dealkylation sites (N-methyl/N-ethyl adjacent to an activating group) is 3. The molecule has 0 spiro atoms. The summed E-state index contributed by atoms with van der Waals surface area (Å²) in [6.45, 7) is 9.13. The maximum Gasteiger partial charge on any atom is 0.330 e. The average Bonchev–Trinajstić information content (AvgIpc) is 2.67. The van der Waals surface area contributed by atoms with E-state index in [1.807, 2.05) is 61.5 Å². The lowest BCUT2D eigenvalue weighted by molar-refractivity contribution is -0.165. The largest absolute Gasteiger partial charge is 0.493 e. The van der Waals surface area contributed by atoms with Gasteiger partial charge in [0.25, 0.3) is 11.8 Å². The summed E-state index contributed by atoms with van der Waals surface area (Å²) < 4.78 is 35.0. The van der Waals surface area contributed by atoms with Gasteiger partial charge in [0.2, 0.25) is 29.4 Å². The quantitative estimate of drug-likeness (QED) is 0.106. The number of carbonyl (C=O) groups is 9. The number of methoxy groups -OCH3 is 2. The van der Waals surface area contributed by atoms with E-state index in [0.717, 1.165) is 16.3 Å². The Kier molecular flexibility index (Phi) is 26.3. The van der Waals surface area contributed by atoms with Crippen LogP contribution in [0.2, 0.25) is 0 Å². The third-order valence-electron chi connectivity index (χ3n) is 16.2. The van der Waals surface area contributed by atoms with Crippen LogP contribution in [0.1, 0.15) is 129 Å². The summed E-state index contributed by atoms with van der Waals surface area (Å²) in [5.41, 5.74) is -0.290. The number of rotatable bonds is 12. The first-order chi connectivity index (χ1) is 42.8. The molecule has 3 heterocycles. The minimum absolute atomic E-state index is 0.00162. The van der Waals surface area contributed by atoms with Gasteiger partial charge >= 0.3 is 11.9 Å². The van der Waals surface area contributed by atoms with Crippen LogP contribution in [0.5, 0.6) is 17.2 Å². The van der Waals surface area contributed by atoms with Gasteiger partial charge in [0.15, 0.2) is 18.1 Å². The molecule has 0 saturated carbocycles. The number of hydrogen-bond donors (Lipinski definition) is 2. The molecule has 0 aliphatic carbocycles. The number of Topliss-reactive ketones (excluding diaryl/α,β-unsaturated/α-hetero) is 1. The number of aryl methyl sites for hydroxylation is 1. The van der Waals surface area contributed by atoms with Crippen LogP contribution < -0.4 is 24.8 Å². The zero-order valence-electron chi connectivity index (χ0n) is 54.1. The molecule has 0 radical (unpaired) electrons. The number of piperidine rings is 1. The highest BCUT2D eigenvalue weighted by molar-refractivity contribution is 6.38. The third-order valence-corrected chi connectivity index (χ3v) is 16.2. The van der Waals surface area contributed by atoms with E-state index in [1.165, 1.54) is 80.2 Å². The summed E-state index contributed by atoms with van der Waals surface area (Å²) in [6, 6.07) is 15.7. The number of esters is 2. The molecule has 6 amide bonds. The van der Waals surface area contributed by atoms with Crippen molar-refractivity contribution in [2.75, 3.05) is 74.8 Å². The van der Waals surface area contributed by atoms with Crippen LogP contribution in [0.3, 0.4) is 0 Å². The summed E-state index contributed by atoms with van der Waals surface area (Å²) in [5, 5.41) is 7.54. The molecule has 5 atom stereocenters. The first-order valence-electron chi connectivity index (χ1n) is 31.0. The van der Waals surface area contributed by atoms with Crippen LogP contribution in [0, 0.1) is 5.41 Å². The third kappa shape index (κ3) is 20.3. The molecule has 2 bridgehead atoms. The summed E-state index contributed by atoms with van der Waals surface area (Å²) in [4.78, 5) is 137. The second-order valence-electron chi connectivity index (χ2n) is 24.7. The van der Waals surface area contributed by atoms with E-state index in [0.29, 0.717) is 80.5 Å². The van der Waals surface area contributed by atoms with Crippen molar-refractivity contribution in [2.24, 2.45) is 5.41 Å². The number of ether oxygens (including phenoxy) is 6. The number of unbranched alkanes of at least 4 members (excludes halogenated alkanes) is 1. The van der Waals surface area contributed by atoms with E-state index >= 15 is 4.79 Å². The number of benzene rings is 3. The van der Waals surface area contributed by atoms with Crippen LogP contribution in [0.15, 0.2) is 91.3 Å². The number of cyclic esters (lactones) is 2. The maximum atomic E-state index is 15.1. The Bertz CT molecular complexity index is 3200. The van der Waals surface area contributed by atoms with E-state index in [9.17, 15) is 38.4 Å². The molecule has 1 fully saturated rings. The van der Waals surface area contributed by atoms with E-state index in [1.54, 1.807) is 46.0 Å². The lowest BCUT2D eigenvalue weighted by atomic mass is 9.87. The lowest BCUT2D eigenvalue weighted by Crippen LogP contribution is -2.59. The highest BCUT2D eigenvalue weighted by Crippen LogP contribution is 2.33. The van der Waals surface area contributed by atoms with Crippen LogP contribution in [-0.4, -0.2) is 182 Å². The highest BCUT2D eigenvalue weighted by Gasteiger charge is 2.43. The van der Waals surface area contributed by atoms with Crippen LogP contribution in [0.25, 0.3) is 10.8 Å². The fourth-order valence-corrected chi connectivity index (χ4v) is 10.6. The first-order valence-corrected chi connectivity index (χ1v) is 31.0. The van der Waals surface area contributed by atoms with Crippen molar-refractivity contribution in [3.63, 3.8) is 0 Å². The molecule has 2 aliphatic rings. The van der Waals surface area contributed by atoms with Gasteiger partial charge in [-0.05, 0) is 133 Å². The first kappa shape index (κ1) is 70.7. The van der Waals surface area contributed by atoms with Crippen molar-refractivity contribution in [1.29, 1.82) is 0 Å². The Hall–Kier alpha value is -8.40. The number of nitrogens with zero attached hydrogens (tertiary/aromatic N) is 5. The van der Waals surface area contributed by atoms with Gasteiger partial charge in [-0.25, -0.2) is 9.59 Å². The van der Waals surface area contributed by atoms with Gasteiger partial charge in [0.05, 0.1) is 44.6 Å². The van der Waals surface area contributed by atoms with Crippen molar-refractivity contribution >= 4 is 63.9 Å². The molecule has 488 valence electrons. The molecule has 4 aromatic rings. The standard InChI is InChI=1S/C68H91N7O15/c1-12-13-24-52-63(81)71-51(36-46-27-30-47-22-17-18-23-48(47)35-46)64(82)74(9)54(42-89-67(2,3)4)62(80)70-41-58(76)72(7)33-20-15-14-16-26-60(78)88-44-68(5,6)61(79)65(83)75-34-21-19-25-53(75)66(84)90-55(31-28-45-29-32-56(85-10)57(37-45)86-11)49-38-50(40-69-39-49)87-43-59(77)73(52)8/h16-18,22-23,26-27,29-30,32,35,37-40,51-55H,12-15,19-21,24-25,28,31,33-34,36,41-44H2,1-11H3,(H,70,80)(H,71,81)/b26-16+/t51-,52-,53-,54-,55+/m0/s1. The van der Waals surface area contributed by atoms with Gasteiger partial charge in [-0.3, -0.25) is 38.5 Å². The molecule has 6 rings (SSSR count). The molecule has 0 unspecified atom stereocenters. The zero-order valence-corrected chi connectivity index (χ0v) is 54.1. The normalized spacial score (nSPS) is 22.0. The number of nitrogens with one attached hydrogen (secondary N) is 2. The number of amides is 6. The Balaban J connectivity index is 1.34. The summed E-state index contributed by atoms with van der Waals surface area (Å²) in [6.07, 6.45) is 9.59. The average molecular weight is 1250 g/mol. The smallest absolute Gasteiger partial charge is 0.330 e. The van der Waals surface area contributed by atoms with Gasteiger partial charge in [0, 0.05) is 58.5 Å². The Morgan fingerprint density at radius 2 is 1.47 bits per heavy atom. The molecule has 2 aliphatic heterocycles. The maximum absolute atomic E-state index is 15.1. The number of aromatic nitrogens is 1. The zero-order chi connectivity index (χ0) is 65.7. The van der Waals surface area contributed by atoms with Crippen molar-refractivity contribution in [3.05, 3.63) is 108 Å². The van der Waals surface area contributed by atoms with Crippen LogP contribution in [-0.2, 0) is 70.2 Å². The molecular weight excluding hydrogens is 1150 g/mol. The second kappa shape index (κ2) is 33.4. The van der Waals surface area contributed by atoms with Gasteiger partial charge < -0.3 is 58.7 Å². The van der Waals surface area contributed by atoms with E-state index in [2.05, 4.69) is 15.6 Å². The van der Waals surface area contributed by atoms with Gasteiger partial charge in [-0.2, -0.15) is 0 Å². The number of hydrogen-bond acceptors (Lipinski definition) is 16. The molecule has 3 aromatic carbocycles. The second-order valence-corrected chi connectivity index (χ2v) is 24.7. The molecule has 90 heavy (non-hydrogen) atoms. The van der Waals surface area contributed by atoms with Gasteiger partial charge in [-0.1, -0.05) is 74.4 Å². The van der Waals surface area contributed by atoms with E-state index in [4.69, 9.17) is 28.4 Å². The fourth-order valence-electron chi connectivity index (χ4n) is 10.6. The van der Waals surface area contributed by atoms with Crippen molar-refractivity contribution in [1.82, 2.24) is 35.2 Å². The fraction of sp³-hybridized carbons (Fsp3) is 0.529. The predicted molar refractivity (Wildman–Crippen MR) is 337 cm³/mol. The van der Waals surface area contributed by atoms with Gasteiger partial charge in [-0.15, -0.1) is 0 Å². The number of pyridine rings is 1. The van der Waals surface area contributed by atoms with Gasteiger partial charge in [0.1, 0.15) is 42.6 Å². The molecule has 1 saturated heterocycles. The summed E-state index contributed by atoms with van der Waals surface area (Å²) in [7, 11) is 7.58. The topological polar surface area (TPSA) is 259 Å². The number of carbonyl (C=O) groups excluding carboxylic acids is 9. The summed E-state index contributed by atoms with van der Waals surface area (Å²) >= 11 is 0. The highest BCUT2D eigenvalue weighted by atomic mass is 16.5. The van der Waals surface area contributed by atoms with Crippen LogP contribution in [0.4, 0.5) is 0 Å². The van der Waals surface area contributed by atoms with Crippen molar-refractivity contribution in [2.45, 2.75) is 154 Å². The summed E-state index contributed by atoms with van der Waals surface area (Å²) in [5.74, 6) is -5.01. The minimum Gasteiger partial charge on any atom is -0.493 e. The molecule has 22 nitrogen and oxygen atoms in total. The number of ketones is 1. The minimum atomic E-state index is -1.47. The molecular formula is C68H91N7O15. The Morgan fingerprint density at radius 1 is 0.744 bits per heavy atom.